The smallest absolute Gasteiger partial charge is 0.0217 e. The molecule has 0 radical (unpaired) electrons. The predicted octanol–water partition coefficient (Wildman–Crippen LogP) is 4.20. The summed E-state index contributed by atoms with van der Waals surface area (Å²) in [4.78, 5) is 1.31. The number of hydrogen-bond acceptors (Lipinski definition) is 2. The highest BCUT2D eigenvalue weighted by Crippen LogP contribution is 2.28. The molecule has 2 atom stereocenters. The Morgan fingerprint density at radius 3 is 2.12 bits per heavy atom. The molecule has 1 rings (SSSR count). The topological polar surface area (TPSA) is 26.0 Å². The fourth-order valence-corrected chi connectivity index (χ4v) is 2.76. The molecule has 1 aromatic carbocycles. The van der Waals surface area contributed by atoms with Crippen LogP contribution in [0.3, 0.4) is 0 Å². The lowest BCUT2D eigenvalue weighted by Crippen LogP contribution is -2.29. The second kappa shape index (κ2) is 5.92. The molecular formula is C15H25NS. The molecule has 0 spiro atoms. The number of benzene rings is 1. The molecule has 1 aromatic rings. The first-order valence-electron chi connectivity index (χ1n) is 6.37. The van der Waals surface area contributed by atoms with Crippen molar-refractivity contribution in [2.45, 2.75) is 62.6 Å². The van der Waals surface area contributed by atoms with E-state index in [1.165, 1.54) is 10.5 Å². The monoisotopic (exact) mass is 251 g/mol. The van der Waals surface area contributed by atoms with Crippen LogP contribution in [0.25, 0.3) is 0 Å². The molecule has 0 aromatic heterocycles. The molecule has 0 fully saturated rings. The number of hydrogen-bond donors (Lipinski definition) is 1. The van der Waals surface area contributed by atoms with Gasteiger partial charge in [0.1, 0.15) is 0 Å². The van der Waals surface area contributed by atoms with E-state index in [2.05, 4.69) is 58.9 Å². The summed E-state index contributed by atoms with van der Waals surface area (Å²) in [6.07, 6.45) is 1.04. The van der Waals surface area contributed by atoms with Gasteiger partial charge >= 0.3 is 0 Å². The Hall–Kier alpha value is -0.470. The SMILES string of the molecule is CCC(N)C(C)Sc1ccc(C(C)(C)C)cc1. The van der Waals surface area contributed by atoms with Crippen LogP contribution in [0.4, 0.5) is 0 Å². The summed E-state index contributed by atoms with van der Waals surface area (Å²) < 4.78 is 0. The summed E-state index contributed by atoms with van der Waals surface area (Å²) >= 11 is 1.87. The van der Waals surface area contributed by atoms with Crippen molar-refractivity contribution in [3.63, 3.8) is 0 Å². The first kappa shape index (κ1) is 14.6. The molecule has 0 bridgehead atoms. The number of thioether (sulfide) groups is 1. The van der Waals surface area contributed by atoms with Gasteiger partial charge in [-0.2, -0.15) is 0 Å². The van der Waals surface area contributed by atoms with Gasteiger partial charge in [0.15, 0.2) is 0 Å². The Bertz CT molecular complexity index is 337. The summed E-state index contributed by atoms with van der Waals surface area (Å²) in [6.45, 7) is 11.1. The minimum absolute atomic E-state index is 0.231. The molecule has 0 saturated heterocycles. The summed E-state index contributed by atoms with van der Waals surface area (Å²) in [7, 11) is 0. The van der Waals surface area contributed by atoms with E-state index in [-0.39, 0.29) is 11.5 Å². The zero-order valence-electron chi connectivity index (χ0n) is 11.7. The average Bonchev–Trinajstić information content (AvgIpc) is 2.27. The molecule has 2 N–H and O–H groups in total. The van der Waals surface area contributed by atoms with Crippen molar-refractivity contribution in [2.24, 2.45) is 5.73 Å². The largest absolute Gasteiger partial charge is 0.327 e. The van der Waals surface area contributed by atoms with Crippen LogP contribution in [-0.4, -0.2) is 11.3 Å². The lowest BCUT2D eigenvalue weighted by atomic mass is 9.87. The maximum absolute atomic E-state index is 6.04. The van der Waals surface area contributed by atoms with Crippen LogP contribution in [0.15, 0.2) is 29.2 Å². The fraction of sp³-hybridized carbons (Fsp3) is 0.600. The molecular weight excluding hydrogens is 226 g/mol. The predicted molar refractivity (Wildman–Crippen MR) is 78.7 cm³/mol. The normalized spacial score (nSPS) is 15.6. The van der Waals surface area contributed by atoms with Crippen molar-refractivity contribution in [3.8, 4) is 0 Å². The van der Waals surface area contributed by atoms with Gasteiger partial charge in [-0.1, -0.05) is 46.8 Å². The van der Waals surface area contributed by atoms with Crippen LogP contribution in [0.5, 0.6) is 0 Å². The highest BCUT2D eigenvalue weighted by atomic mass is 32.2. The van der Waals surface area contributed by atoms with Crippen molar-refractivity contribution >= 4 is 11.8 Å². The molecule has 0 aliphatic carbocycles. The maximum Gasteiger partial charge on any atom is 0.0217 e. The minimum atomic E-state index is 0.231. The third kappa shape index (κ3) is 4.36. The summed E-state index contributed by atoms with van der Waals surface area (Å²) in [6, 6.07) is 9.16. The molecule has 0 aliphatic heterocycles. The molecule has 0 saturated carbocycles. The van der Waals surface area contributed by atoms with Crippen LogP contribution in [-0.2, 0) is 5.41 Å². The third-order valence-electron chi connectivity index (χ3n) is 3.12. The van der Waals surface area contributed by atoms with Gasteiger partial charge in [0.2, 0.25) is 0 Å². The average molecular weight is 251 g/mol. The van der Waals surface area contributed by atoms with E-state index in [1.807, 2.05) is 11.8 Å². The van der Waals surface area contributed by atoms with E-state index in [9.17, 15) is 0 Å². The summed E-state index contributed by atoms with van der Waals surface area (Å²) in [5, 5.41) is 0.473. The third-order valence-corrected chi connectivity index (χ3v) is 4.38. The van der Waals surface area contributed by atoms with Gasteiger partial charge in [0, 0.05) is 16.2 Å². The molecule has 0 aliphatic rings. The first-order chi connectivity index (χ1) is 7.84. The van der Waals surface area contributed by atoms with Gasteiger partial charge in [0.05, 0.1) is 0 Å². The van der Waals surface area contributed by atoms with E-state index in [0.717, 1.165) is 6.42 Å². The molecule has 0 amide bonds. The second-order valence-corrected chi connectivity index (χ2v) is 7.12. The molecule has 2 unspecified atom stereocenters. The van der Waals surface area contributed by atoms with Crippen LogP contribution in [0.2, 0.25) is 0 Å². The van der Waals surface area contributed by atoms with E-state index < -0.39 is 0 Å². The molecule has 0 heterocycles. The highest BCUT2D eigenvalue weighted by molar-refractivity contribution is 8.00. The van der Waals surface area contributed by atoms with Crippen LogP contribution in [0.1, 0.15) is 46.6 Å². The highest BCUT2D eigenvalue weighted by Gasteiger charge is 2.15. The fourth-order valence-electron chi connectivity index (χ4n) is 1.67. The van der Waals surface area contributed by atoms with E-state index in [4.69, 9.17) is 5.73 Å². The van der Waals surface area contributed by atoms with Gasteiger partial charge in [0.25, 0.3) is 0 Å². The molecule has 17 heavy (non-hydrogen) atoms. The van der Waals surface area contributed by atoms with E-state index in [1.54, 1.807) is 0 Å². The Balaban J connectivity index is 2.69. The summed E-state index contributed by atoms with van der Waals surface area (Å²) in [5.41, 5.74) is 7.66. The van der Waals surface area contributed by atoms with Crippen molar-refractivity contribution in [1.29, 1.82) is 0 Å². The second-order valence-electron chi connectivity index (χ2n) is 5.67. The van der Waals surface area contributed by atoms with Crippen LogP contribution >= 0.6 is 11.8 Å². The Labute approximate surface area is 110 Å². The van der Waals surface area contributed by atoms with Crippen molar-refractivity contribution in [3.05, 3.63) is 29.8 Å². The molecule has 1 nitrogen and oxygen atoms in total. The van der Waals surface area contributed by atoms with Gasteiger partial charge < -0.3 is 5.73 Å². The molecule has 96 valence electrons. The van der Waals surface area contributed by atoms with Crippen molar-refractivity contribution < 1.29 is 0 Å². The van der Waals surface area contributed by atoms with Gasteiger partial charge in [-0.15, -0.1) is 11.8 Å². The lowest BCUT2D eigenvalue weighted by Gasteiger charge is -2.21. The number of nitrogens with two attached hydrogens (primary N) is 1. The van der Waals surface area contributed by atoms with E-state index in [0.29, 0.717) is 5.25 Å². The van der Waals surface area contributed by atoms with Crippen molar-refractivity contribution in [1.82, 2.24) is 0 Å². The standard InChI is InChI=1S/C15H25NS/c1-6-14(16)11(2)17-13-9-7-12(8-10-13)15(3,4)5/h7-11,14H,6,16H2,1-5H3. The number of rotatable bonds is 4. The Kier molecular flexibility index (Phi) is 5.08. The van der Waals surface area contributed by atoms with Gasteiger partial charge in [-0.3, -0.25) is 0 Å². The zero-order valence-corrected chi connectivity index (χ0v) is 12.5. The summed E-state index contributed by atoms with van der Waals surface area (Å²) in [5.74, 6) is 0. The Morgan fingerprint density at radius 2 is 1.71 bits per heavy atom. The van der Waals surface area contributed by atoms with Gasteiger partial charge in [-0.05, 0) is 29.5 Å². The van der Waals surface area contributed by atoms with Crippen LogP contribution < -0.4 is 5.73 Å². The van der Waals surface area contributed by atoms with E-state index >= 15 is 0 Å². The quantitative estimate of drug-likeness (QED) is 0.812. The van der Waals surface area contributed by atoms with Gasteiger partial charge in [-0.25, -0.2) is 0 Å². The minimum Gasteiger partial charge on any atom is -0.327 e. The first-order valence-corrected chi connectivity index (χ1v) is 7.25. The molecule has 2 heteroatoms. The Morgan fingerprint density at radius 1 is 1.18 bits per heavy atom. The zero-order chi connectivity index (χ0) is 13.1. The lowest BCUT2D eigenvalue weighted by molar-refractivity contribution is 0.589. The maximum atomic E-state index is 6.04. The van der Waals surface area contributed by atoms with Crippen LogP contribution in [0, 0.1) is 0 Å². The van der Waals surface area contributed by atoms with Crippen molar-refractivity contribution in [2.75, 3.05) is 0 Å².